The zero-order chi connectivity index (χ0) is 17.0. The highest BCUT2D eigenvalue weighted by Gasteiger charge is 2.34. The van der Waals surface area contributed by atoms with Gasteiger partial charge in [0.15, 0.2) is 0 Å². The van der Waals surface area contributed by atoms with Crippen LogP contribution in [0.15, 0.2) is 24.3 Å². The van der Waals surface area contributed by atoms with Crippen LogP contribution in [0.5, 0.6) is 0 Å². The number of likely N-dealkylation sites (N-methyl/N-ethyl adjacent to an activating group) is 2. The van der Waals surface area contributed by atoms with Crippen molar-refractivity contribution < 1.29 is 14.4 Å². The van der Waals surface area contributed by atoms with E-state index in [0.29, 0.717) is 37.2 Å². The van der Waals surface area contributed by atoms with Crippen LogP contribution in [0.4, 0.5) is 0 Å². The molecule has 0 spiro atoms. The van der Waals surface area contributed by atoms with Crippen LogP contribution in [0, 0.1) is 0 Å². The first-order valence-corrected chi connectivity index (χ1v) is 7.83. The summed E-state index contributed by atoms with van der Waals surface area (Å²) in [7, 11) is 3.46. The lowest BCUT2D eigenvalue weighted by Crippen LogP contribution is -2.38. The Morgan fingerprint density at radius 3 is 2.13 bits per heavy atom. The minimum Gasteiger partial charge on any atom is -0.348 e. The number of carbonyl (C=O) groups excluding carboxylic acids is 3. The number of nitrogens with zero attached hydrogens (tertiary/aromatic N) is 3. The minimum atomic E-state index is -0.224. The molecule has 0 aliphatic carbocycles. The second kappa shape index (κ2) is 7.37. The Balaban J connectivity index is 1.88. The predicted octanol–water partition coefficient (Wildman–Crippen LogP) is 1.08. The van der Waals surface area contributed by atoms with Crippen molar-refractivity contribution in [2.75, 3.05) is 40.3 Å². The molecule has 3 amide bonds. The summed E-state index contributed by atoms with van der Waals surface area (Å²) in [5.74, 6) is -0.399. The molecule has 6 nitrogen and oxygen atoms in total. The maximum atomic E-state index is 12.3. The number of carbonyl (C=O) groups is 3. The Bertz CT molecular complexity index is 578. The van der Waals surface area contributed by atoms with E-state index in [1.807, 2.05) is 11.8 Å². The van der Waals surface area contributed by atoms with Crippen molar-refractivity contribution in [3.8, 4) is 0 Å². The van der Waals surface area contributed by atoms with Crippen molar-refractivity contribution in [2.24, 2.45) is 0 Å². The number of rotatable bonds is 7. The summed E-state index contributed by atoms with van der Waals surface area (Å²) in [5, 5.41) is 0. The second-order valence-corrected chi connectivity index (χ2v) is 5.82. The summed E-state index contributed by atoms with van der Waals surface area (Å²) in [5.41, 5.74) is 0.959. The molecular formula is C17H23N3O3. The van der Waals surface area contributed by atoms with Crippen molar-refractivity contribution in [1.82, 2.24) is 14.7 Å². The van der Waals surface area contributed by atoms with Gasteiger partial charge in [0.2, 0.25) is 5.91 Å². The first kappa shape index (κ1) is 17.1. The van der Waals surface area contributed by atoms with E-state index in [-0.39, 0.29) is 17.7 Å². The highest BCUT2D eigenvalue weighted by atomic mass is 16.2. The Kier molecular flexibility index (Phi) is 5.50. The molecule has 0 saturated heterocycles. The number of imide groups is 1. The summed E-state index contributed by atoms with van der Waals surface area (Å²) in [4.78, 5) is 41.1. The van der Waals surface area contributed by atoms with Crippen LogP contribution in [-0.2, 0) is 4.79 Å². The summed E-state index contributed by atoms with van der Waals surface area (Å²) in [6.45, 7) is 4.14. The lowest BCUT2D eigenvalue weighted by molar-refractivity contribution is -0.129. The van der Waals surface area contributed by atoms with E-state index in [1.54, 1.807) is 43.3 Å². The normalized spacial score (nSPS) is 13.7. The Morgan fingerprint density at radius 1 is 1.09 bits per heavy atom. The van der Waals surface area contributed by atoms with E-state index in [9.17, 15) is 14.4 Å². The first-order valence-electron chi connectivity index (χ1n) is 7.83. The van der Waals surface area contributed by atoms with Gasteiger partial charge in [0, 0.05) is 27.2 Å². The maximum Gasteiger partial charge on any atom is 0.261 e. The maximum absolute atomic E-state index is 12.3. The first-order chi connectivity index (χ1) is 11.0. The molecule has 1 aliphatic heterocycles. The zero-order valence-electron chi connectivity index (χ0n) is 13.9. The van der Waals surface area contributed by atoms with Crippen LogP contribution in [-0.4, -0.2) is 72.7 Å². The van der Waals surface area contributed by atoms with Crippen LogP contribution >= 0.6 is 0 Å². The number of fused-ring (bicyclic) bond motifs is 1. The van der Waals surface area contributed by atoms with Gasteiger partial charge in [-0.3, -0.25) is 24.2 Å². The third-order valence-corrected chi connectivity index (χ3v) is 4.04. The molecule has 0 atom stereocenters. The van der Waals surface area contributed by atoms with Crippen molar-refractivity contribution >= 4 is 17.7 Å². The average Bonchev–Trinajstić information content (AvgIpc) is 2.78. The molecule has 1 aliphatic rings. The lowest BCUT2D eigenvalue weighted by Gasteiger charge is -2.23. The van der Waals surface area contributed by atoms with E-state index in [4.69, 9.17) is 0 Å². The van der Waals surface area contributed by atoms with E-state index in [1.165, 1.54) is 4.90 Å². The Labute approximate surface area is 136 Å². The quantitative estimate of drug-likeness (QED) is 0.706. The third kappa shape index (κ3) is 3.76. The number of benzene rings is 1. The van der Waals surface area contributed by atoms with E-state index < -0.39 is 0 Å². The van der Waals surface area contributed by atoms with E-state index in [2.05, 4.69) is 0 Å². The van der Waals surface area contributed by atoms with Crippen LogP contribution in [0.2, 0.25) is 0 Å². The third-order valence-electron chi connectivity index (χ3n) is 4.04. The van der Waals surface area contributed by atoms with Gasteiger partial charge in [-0.2, -0.15) is 0 Å². The molecule has 1 aromatic rings. The van der Waals surface area contributed by atoms with E-state index >= 15 is 0 Å². The number of hydrogen-bond donors (Lipinski definition) is 0. The summed E-state index contributed by atoms with van der Waals surface area (Å²) in [6.07, 6.45) is 0.653. The van der Waals surface area contributed by atoms with Crippen LogP contribution in [0.1, 0.15) is 34.1 Å². The van der Waals surface area contributed by atoms with Crippen molar-refractivity contribution in [3.63, 3.8) is 0 Å². The van der Waals surface area contributed by atoms with Crippen LogP contribution < -0.4 is 0 Å². The molecule has 1 heterocycles. The molecule has 0 aromatic heterocycles. The molecule has 2 rings (SSSR count). The Morgan fingerprint density at radius 2 is 1.65 bits per heavy atom. The van der Waals surface area contributed by atoms with Gasteiger partial charge >= 0.3 is 0 Å². The highest BCUT2D eigenvalue weighted by Crippen LogP contribution is 2.22. The molecule has 124 valence electrons. The van der Waals surface area contributed by atoms with Crippen molar-refractivity contribution in [3.05, 3.63) is 35.4 Å². The largest absolute Gasteiger partial charge is 0.348 e. The molecule has 0 N–H and O–H groups in total. The number of amides is 3. The summed E-state index contributed by atoms with van der Waals surface area (Å²) < 4.78 is 0. The van der Waals surface area contributed by atoms with Crippen LogP contribution in [0.3, 0.4) is 0 Å². The minimum absolute atomic E-state index is 0.0487. The zero-order valence-corrected chi connectivity index (χ0v) is 13.9. The topological polar surface area (TPSA) is 60.9 Å². The molecular weight excluding hydrogens is 294 g/mol. The van der Waals surface area contributed by atoms with Gasteiger partial charge in [-0.1, -0.05) is 19.1 Å². The fourth-order valence-electron chi connectivity index (χ4n) is 2.58. The molecule has 0 bridgehead atoms. The van der Waals surface area contributed by atoms with Gasteiger partial charge in [-0.05, 0) is 25.1 Å². The monoisotopic (exact) mass is 317 g/mol. The average molecular weight is 317 g/mol. The van der Waals surface area contributed by atoms with Gasteiger partial charge in [-0.25, -0.2) is 0 Å². The molecule has 0 fully saturated rings. The molecule has 0 unspecified atom stereocenters. The smallest absolute Gasteiger partial charge is 0.261 e. The van der Waals surface area contributed by atoms with Gasteiger partial charge in [-0.15, -0.1) is 0 Å². The van der Waals surface area contributed by atoms with Gasteiger partial charge in [0.25, 0.3) is 11.8 Å². The van der Waals surface area contributed by atoms with E-state index in [0.717, 1.165) is 6.54 Å². The molecule has 0 radical (unpaired) electrons. The molecule has 6 heteroatoms. The van der Waals surface area contributed by atoms with Gasteiger partial charge in [0.1, 0.15) is 0 Å². The predicted molar refractivity (Wildman–Crippen MR) is 87.2 cm³/mol. The van der Waals surface area contributed by atoms with Gasteiger partial charge in [0.05, 0.1) is 17.7 Å². The summed E-state index contributed by atoms with van der Waals surface area (Å²) >= 11 is 0. The lowest BCUT2D eigenvalue weighted by atomic mass is 10.1. The molecule has 1 aromatic carbocycles. The SMILES string of the molecule is CCN(CCCN1C(=O)c2ccccc2C1=O)CC(=O)N(C)C. The van der Waals surface area contributed by atoms with Gasteiger partial charge < -0.3 is 4.90 Å². The fourth-order valence-corrected chi connectivity index (χ4v) is 2.58. The number of hydrogen-bond acceptors (Lipinski definition) is 4. The Hall–Kier alpha value is -2.21. The second-order valence-electron chi connectivity index (χ2n) is 5.82. The van der Waals surface area contributed by atoms with Crippen LogP contribution in [0.25, 0.3) is 0 Å². The molecule has 0 saturated carbocycles. The summed E-state index contributed by atoms with van der Waals surface area (Å²) in [6, 6.07) is 6.89. The fraction of sp³-hybridized carbons (Fsp3) is 0.471. The standard InChI is InChI=1S/C17H23N3O3/c1-4-19(12-15(21)18(2)3)10-7-11-20-16(22)13-8-5-6-9-14(13)17(20)23/h5-6,8-9H,4,7,10-12H2,1-3H3. The molecule has 23 heavy (non-hydrogen) atoms. The van der Waals surface area contributed by atoms with Crippen molar-refractivity contribution in [1.29, 1.82) is 0 Å². The highest BCUT2D eigenvalue weighted by molar-refractivity contribution is 6.21. The van der Waals surface area contributed by atoms with Crippen molar-refractivity contribution in [2.45, 2.75) is 13.3 Å².